The molecule has 0 aliphatic carbocycles. The van der Waals surface area contributed by atoms with E-state index in [-0.39, 0.29) is 24.9 Å². The molecule has 0 bridgehead atoms. The standard InChI is InChI=1S/C15H14F3N3O3S/c16-15(17,18)9-24-13-4-3-10(7-20-13)6-19-12(22)8-21-14(23)11-2-1-5-25-11/h1-5,7H,6,8-9H2,(H,19,22)(H,21,23). The first-order valence-electron chi connectivity index (χ1n) is 7.06. The van der Waals surface area contributed by atoms with E-state index in [1.807, 2.05) is 0 Å². The first-order valence-corrected chi connectivity index (χ1v) is 7.94. The fourth-order valence-corrected chi connectivity index (χ4v) is 2.32. The van der Waals surface area contributed by atoms with Crippen molar-refractivity contribution in [3.63, 3.8) is 0 Å². The van der Waals surface area contributed by atoms with Gasteiger partial charge in [-0.15, -0.1) is 11.3 Å². The fourth-order valence-electron chi connectivity index (χ4n) is 1.68. The second-order valence-corrected chi connectivity index (χ2v) is 5.79. The molecule has 2 heterocycles. The van der Waals surface area contributed by atoms with Crippen LogP contribution in [0.4, 0.5) is 13.2 Å². The molecule has 0 saturated carbocycles. The van der Waals surface area contributed by atoms with E-state index in [0.717, 1.165) is 0 Å². The lowest BCUT2D eigenvalue weighted by atomic mass is 10.3. The summed E-state index contributed by atoms with van der Waals surface area (Å²) in [5.74, 6) is -0.893. The summed E-state index contributed by atoms with van der Waals surface area (Å²) < 4.78 is 40.5. The molecule has 0 aromatic carbocycles. The van der Waals surface area contributed by atoms with Crippen molar-refractivity contribution >= 4 is 23.2 Å². The minimum Gasteiger partial charge on any atom is -0.468 e. The lowest BCUT2D eigenvalue weighted by Crippen LogP contribution is -2.36. The number of rotatable bonds is 7. The molecule has 10 heteroatoms. The van der Waals surface area contributed by atoms with E-state index < -0.39 is 18.7 Å². The number of hydrogen-bond donors (Lipinski definition) is 2. The lowest BCUT2D eigenvalue weighted by Gasteiger charge is -2.09. The van der Waals surface area contributed by atoms with E-state index in [4.69, 9.17) is 0 Å². The third-order valence-corrected chi connectivity index (χ3v) is 3.69. The van der Waals surface area contributed by atoms with Gasteiger partial charge in [-0.05, 0) is 17.0 Å². The highest BCUT2D eigenvalue weighted by Crippen LogP contribution is 2.17. The zero-order chi connectivity index (χ0) is 18.3. The fraction of sp³-hybridized carbons (Fsp3) is 0.267. The summed E-state index contributed by atoms with van der Waals surface area (Å²) >= 11 is 1.27. The van der Waals surface area contributed by atoms with Gasteiger partial charge in [0.2, 0.25) is 11.8 Å². The first kappa shape index (κ1) is 18.7. The quantitative estimate of drug-likeness (QED) is 0.779. The Kier molecular flexibility index (Phi) is 6.34. The number of alkyl halides is 3. The maximum Gasteiger partial charge on any atom is 0.422 e. The summed E-state index contributed by atoms with van der Waals surface area (Å²) in [6, 6.07) is 6.15. The van der Waals surface area contributed by atoms with Gasteiger partial charge in [0.25, 0.3) is 5.91 Å². The molecule has 2 amide bonds. The highest BCUT2D eigenvalue weighted by molar-refractivity contribution is 7.12. The molecular weight excluding hydrogens is 359 g/mol. The van der Waals surface area contributed by atoms with Gasteiger partial charge in [-0.3, -0.25) is 9.59 Å². The van der Waals surface area contributed by atoms with E-state index in [0.29, 0.717) is 10.4 Å². The molecule has 2 rings (SSSR count). The van der Waals surface area contributed by atoms with Crippen molar-refractivity contribution < 1.29 is 27.5 Å². The Morgan fingerprint density at radius 3 is 2.60 bits per heavy atom. The van der Waals surface area contributed by atoms with Crippen LogP contribution >= 0.6 is 11.3 Å². The Morgan fingerprint density at radius 2 is 2.00 bits per heavy atom. The number of amides is 2. The van der Waals surface area contributed by atoms with Gasteiger partial charge in [0.05, 0.1) is 11.4 Å². The first-order chi connectivity index (χ1) is 11.8. The summed E-state index contributed by atoms with van der Waals surface area (Å²) in [4.78, 5) is 27.6. The molecule has 0 saturated heterocycles. The normalized spacial score (nSPS) is 11.0. The highest BCUT2D eigenvalue weighted by Gasteiger charge is 2.28. The molecule has 0 aliphatic heterocycles. The third kappa shape index (κ3) is 6.79. The van der Waals surface area contributed by atoms with Crippen molar-refractivity contribution in [1.82, 2.24) is 15.6 Å². The number of halogens is 3. The van der Waals surface area contributed by atoms with Gasteiger partial charge in [0, 0.05) is 18.8 Å². The SMILES string of the molecule is O=C(CNC(=O)c1cccs1)NCc1ccc(OCC(F)(F)F)nc1. The summed E-state index contributed by atoms with van der Waals surface area (Å²) in [5, 5.41) is 6.80. The minimum atomic E-state index is -4.43. The van der Waals surface area contributed by atoms with Crippen LogP contribution in [0.15, 0.2) is 35.8 Å². The van der Waals surface area contributed by atoms with Crippen LogP contribution in [0.2, 0.25) is 0 Å². The van der Waals surface area contributed by atoms with Gasteiger partial charge in [-0.2, -0.15) is 13.2 Å². The number of pyridine rings is 1. The van der Waals surface area contributed by atoms with Gasteiger partial charge in [0.15, 0.2) is 6.61 Å². The van der Waals surface area contributed by atoms with Crippen LogP contribution in [0.5, 0.6) is 5.88 Å². The molecule has 0 aliphatic rings. The highest BCUT2D eigenvalue weighted by atomic mass is 32.1. The molecule has 0 fully saturated rings. The van der Waals surface area contributed by atoms with Crippen molar-refractivity contribution in [2.75, 3.05) is 13.2 Å². The van der Waals surface area contributed by atoms with Crippen LogP contribution in [0.3, 0.4) is 0 Å². The lowest BCUT2D eigenvalue weighted by molar-refractivity contribution is -0.154. The zero-order valence-corrected chi connectivity index (χ0v) is 13.6. The van der Waals surface area contributed by atoms with Crippen LogP contribution in [-0.4, -0.2) is 36.1 Å². The van der Waals surface area contributed by atoms with Gasteiger partial charge in [-0.1, -0.05) is 12.1 Å². The Hall–Kier alpha value is -2.62. The predicted molar refractivity (Wildman–Crippen MR) is 84.3 cm³/mol. The van der Waals surface area contributed by atoms with Crippen molar-refractivity contribution in [1.29, 1.82) is 0 Å². The molecule has 25 heavy (non-hydrogen) atoms. The van der Waals surface area contributed by atoms with E-state index >= 15 is 0 Å². The maximum atomic E-state index is 12.0. The average molecular weight is 373 g/mol. The maximum absolute atomic E-state index is 12.0. The monoisotopic (exact) mass is 373 g/mol. The van der Waals surface area contributed by atoms with Crippen LogP contribution in [0, 0.1) is 0 Å². The molecule has 0 unspecified atom stereocenters. The molecule has 2 aromatic heterocycles. The van der Waals surface area contributed by atoms with E-state index in [1.165, 1.54) is 29.7 Å². The van der Waals surface area contributed by atoms with Crippen LogP contribution < -0.4 is 15.4 Å². The topological polar surface area (TPSA) is 80.3 Å². The number of carbonyl (C=O) groups is 2. The van der Waals surface area contributed by atoms with Crippen molar-refractivity contribution in [3.8, 4) is 5.88 Å². The Morgan fingerprint density at radius 1 is 1.20 bits per heavy atom. The van der Waals surface area contributed by atoms with Crippen molar-refractivity contribution in [2.24, 2.45) is 0 Å². The Balaban J connectivity index is 1.71. The number of ether oxygens (including phenoxy) is 1. The number of carbonyl (C=O) groups excluding carboxylic acids is 2. The van der Waals surface area contributed by atoms with Gasteiger partial charge in [-0.25, -0.2) is 4.98 Å². The number of nitrogens with one attached hydrogen (secondary N) is 2. The van der Waals surface area contributed by atoms with E-state index in [2.05, 4.69) is 20.4 Å². The predicted octanol–water partition coefficient (Wildman–Crippen LogP) is 2.13. The van der Waals surface area contributed by atoms with Gasteiger partial charge < -0.3 is 15.4 Å². The van der Waals surface area contributed by atoms with Crippen molar-refractivity contribution in [2.45, 2.75) is 12.7 Å². The molecule has 134 valence electrons. The van der Waals surface area contributed by atoms with Crippen molar-refractivity contribution in [3.05, 3.63) is 46.3 Å². The summed E-state index contributed by atoms with van der Waals surface area (Å²) in [7, 11) is 0. The van der Waals surface area contributed by atoms with E-state index in [9.17, 15) is 22.8 Å². The molecule has 0 atom stereocenters. The minimum absolute atomic E-state index is 0.125. The number of nitrogens with zero attached hydrogens (tertiary/aromatic N) is 1. The zero-order valence-electron chi connectivity index (χ0n) is 12.8. The van der Waals surface area contributed by atoms with E-state index in [1.54, 1.807) is 17.5 Å². The Labute approximate surface area is 145 Å². The average Bonchev–Trinajstić information content (AvgIpc) is 3.11. The number of thiophene rings is 1. The largest absolute Gasteiger partial charge is 0.468 e. The second kappa shape index (κ2) is 8.47. The van der Waals surface area contributed by atoms with Gasteiger partial charge in [0.1, 0.15) is 0 Å². The van der Waals surface area contributed by atoms with Gasteiger partial charge >= 0.3 is 6.18 Å². The molecular formula is C15H14F3N3O3S. The number of aromatic nitrogens is 1. The number of hydrogen-bond acceptors (Lipinski definition) is 5. The molecule has 2 N–H and O–H groups in total. The molecule has 6 nitrogen and oxygen atoms in total. The van der Waals surface area contributed by atoms with Crippen LogP contribution in [0.25, 0.3) is 0 Å². The summed E-state index contributed by atoms with van der Waals surface area (Å²) in [6.07, 6.45) is -3.13. The smallest absolute Gasteiger partial charge is 0.422 e. The molecule has 0 radical (unpaired) electrons. The molecule has 0 spiro atoms. The van der Waals surface area contributed by atoms with Crippen LogP contribution in [-0.2, 0) is 11.3 Å². The summed E-state index contributed by atoms with van der Waals surface area (Å²) in [6.45, 7) is -1.47. The summed E-state index contributed by atoms with van der Waals surface area (Å²) in [5.41, 5.74) is 0.581. The second-order valence-electron chi connectivity index (χ2n) is 4.85. The molecule has 2 aromatic rings. The Bertz CT molecular complexity index is 703. The third-order valence-electron chi connectivity index (χ3n) is 2.83. The van der Waals surface area contributed by atoms with Crippen LogP contribution in [0.1, 0.15) is 15.2 Å².